The van der Waals surface area contributed by atoms with E-state index in [4.69, 9.17) is 21.6 Å². The molecule has 1 aromatic carbocycles. The largest absolute Gasteiger partial charge is 0.426 e. The minimum absolute atomic E-state index is 0.128. The maximum absolute atomic E-state index is 12.8. The molecule has 0 N–H and O–H groups in total. The minimum atomic E-state index is -0.389. The third-order valence-corrected chi connectivity index (χ3v) is 6.06. The highest BCUT2D eigenvalue weighted by Crippen LogP contribution is 2.64. The van der Waals surface area contributed by atoms with Crippen molar-refractivity contribution < 1.29 is 9.53 Å². The van der Waals surface area contributed by atoms with Crippen molar-refractivity contribution >= 4 is 17.6 Å². The van der Waals surface area contributed by atoms with E-state index in [-0.39, 0.29) is 16.3 Å². The fraction of sp³-hybridized carbons (Fsp3) is 0.556. The molecule has 0 radical (unpaired) electrons. The highest BCUT2D eigenvalue weighted by atomic mass is 35.5. The van der Waals surface area contributed by atoms with Gasteiger partial charge in [0, 0.05) is 4.87 Å². The number of carbonyl (C=O) groups is 1. The minimum Gasteiger partial charge on any atom is -0.426 e. The summed E-state index contributed by atoms with van der Waals surface area (Å²) in [5.41, 5.74) is 0.175. The summed E-state index contributed by atoms with van der Waals surface area (Å²) >= 11 is 6.76. The molecule has 4 atom stereocenters. The van der Waals surface area contributed by atoms with Crippen LogP contribution in [0.2, 0.25) is 0 Å². The second-order valence-corrected chi connectivity index (χ2v) is 8.22. The maximum Gasteiger partial charge on any atom is 0.317 e. The third-order valence-electron chi connectivity index (χ3n) is 5.62. The van der Waals surface area contributed by atoms with Gasteiger partial charge >= 0.3 is 5.97 Å². The number of ether oxygens (including phenoxy) is 1. The molecule has 114 valence electrons. The molecular formula is C18H18ClNO2. The highest BCUT2D eigenvalue weighted by molar-refractivity contribution is 6.24. The molecule has 4 aliphatic carbocycles. The first-order chi connectivity index (χ1) is 10.5. The van der Waals surface area contributed by atoms with Gasteiger partial charge in [-0.15, -0.1) is 11.6 Å². The number of benzene rings is 1. The third kappa shape index (κ3) is 2.21. The maximum atomic E-state index is 12.8. The number of rotatable bonds is 2. The van der Waals surface area contributed by atoms with Gasteiger partial charge in [-0.1, -0.05) is 0 Å². The summed E-state index contributed by atoms with van der Waals surface area (Å²) in [6, 6.07) is 8.78. The molecule has 1 aromatic rings. The lowest BCUT2D eigenvalue weighted by molar-refractivity contribution is -0.159. The van der Waals surface area contributed by atoms with Crippen LogP contribution in [0, 0.1) is 28.6 Å². The zero-order valence-corrected chi connectivity index (χ0v) is 13.1. The van der Waals surface area contributed by atoms with Gasteiger partial charge in [-0.05, 0) is 74.6 Å². The molecule has 22 heavy (non-hydrogen) atoms. The fourth-order valence-electron chi connectivity index (χ4n) is 5.20. The molecule has 0 saturated heterocycles. The summed E-state index contributed by atoms with van der Waals surface area (Å²) in [4.78, 5) is 12.6. The first kappa shape index (κ1) is 14.1. The van der Waals surface area contributed by atoms with Gasteiger partial charge in [0.1, 0.15) is 5.75 Å². The number of hydrogen-bond acceptors (Lipinski definition) is 3. The smallest absolute Gasteiger partial charge is 0.317 e. The molecule has 0 amide bonds. The standard InChI is InChI=1S/C18H18ClNO2/c19-18-8-13-5-14(9-18)7-17(6-13,11-18)16(21)22-15-3-1-12(10-20)2-4-15/h1-4,13-14H,5-9,11H2/t13-,14+,17?,18?. The van der Waals surface area contributed by atoms with E-state index in [1.807, 2.05) is 0 Å². The van der Waals surface area contributed by atoms with Crippen molar-refractivity contribution in [1.82, 2.24) is 0 Å². The first-order valence-electron chi connectivity index (χ1n) is 7.92. The molecule has 4 fully saturated rings. The molecule has 4 heteroatoms. The lowest BCUT2D eigenvalue weighted by atomic mass is 9.49. The molecule has 4 saturated carbocycles. The Hall–Kier alpha value is -1.53. The van der Waals surface area contributed by atoms with Gasteiger partial charge in [0.2, 0.25) is 0 Å². The van der Waals surface area contributed by atoms with Gasteiger partial charge < -0.3 is 4.74 Å². The van der Waals surface area contributed by atoms with Crippen molar-refractivity contribution in [3.05, 3.63) is 29.8 Å². The van der Waals surface area contributed by atoms with E-state index in [9.17, 15) is 4.79 Å². The topological polar surface area (TPSA) is 50.1 Å². The summed E-state index contributed by atoms with van der Waals surface area (Å²) in [5, 5.41) is 8.82. The van der Waals surface area contributed by atoms with Crippen LogP contribution >= 0.6 is 11.6 Å². The van der Waals surface area contributed by atoms with Crippen LogP contribution in [0.15, 0.2) is 24.3 Å². The van der Waals surface area contributed by atoms with E-state index in [0.717, 1.165) is 32.1 Å². The van der Waals surface area contributed by atoms with Gasteiger partial charge in [0.25, 0.3) is 0 Å². The lowest BCUT2D eigenvalue weighted by Gasteiger charge is -2.58. The van der Waals surface area contributed by atoms with E-state index in [1.165, 1.54) is 6.42 Å². The molecule has 4 aliphatic rings. The van der Waals surface area contributed by atoms with Crippen molar-refractivity contribution in [2.45, 2.75) is 43.4 Å². The quantitative estimate of drug-likeness (QED) is 0.470. The molecule has 0 spiro atoms. The summed E-state index contributed by atoms with van der Waals surface area (Å²) in [5.74, 6) is 1.54. The second-order valence-electron chi connectivity index (χ2n) is 7.42. The number of nitriles is 1. The SMILES string of the molecule is N#Cc1ccc(OC(=O)C23C[C@@H]4C[C@@H](CC(Cl)(C4)C2)C3)cc1. The van der Waals surface area contributed by atoms with Crippen LogP contribution in [-0.4, -0.2) is 10.8 Å². The Balaban J connectivity index is 1.56. The van der Waals surface area contributed by atoms with Crippen LogP contribution in [0.5, 0.6) is 5.75 Å². The van der Waals surface area contributed by atoms with Crippen LogP contribution in [0.4, 0.5) is 0 Å². The van der Waals surface area contributed by atoms with E-state index in [0.29, 0.717) is 23.1 Å². The lowest BCUT2D eigenvalue weighted by Crippen LogP contribution is -2.56. The molecular weight excluding hydrogens is 298 g/mol. The molecule has 3 nitrogen and oxygen atoms in total. The van der Waals surface area contributed by atoms with Crippen molar-refractivity contribution in [3.63, 3.8) is 0 Å². The predicted octanol–water partition coefficient (Wildman–Crippen LogP) is 4.04. The van der Waals surface area contributed by atoms with Crippen molar-refractivity contribution in [1.29, 1.82) is 5.26 Å². The zero-order valence-electron chi connectivity index (χ0n) is 12.3. The molecule has 0 heterocycles. The first-order valence-corrected chi connectivity index (χ1v) is 8.30. The van der Waals surface area contributed by atoms with Crippen LogP contribution in [-0.2, 0) is 4.79 Å². The average Bonchev–Trinajstić information content (AvgIpc) is 2.45. The van der Waals surface area contributed by atoms with Crippen molar-refractivity contribution in [2.75, 3.05) is 0 Å². The number of alkyl halides is 1. The molecule has 0 aromatic heterocycles. The molecule has 0 aliphatic heterocycles. The Kier molecular flexibility index (Phi) is 3.03. The zero-order chi connectivity index (χ0) is 15.4. The monoisotopic (exact) mass is 315 g/mol. The fourth-order valence-corrected chi connectivity index (χ4v) is 5.89. The van der Waals surface area contributed by atoms with E-state index in [1.54, 1.807) is 24.3 Å². The number of halogens is 1. The van der Waals surface area contributed by atoms with E-state index < -0.39 is 0 Å². The number of nitrogens with zero attached hydrogens (tertiary/aromatic N) is 1. The molecule has 2 unspecified atom stereocenters. The van der Waals surface area contributed by atoms with Gasteiger partial charge in [0.05, 0.1) is 17.0 Å². The Morgan fingerprint density at radius 1 is 1.18 bits per heavy atom. The number of esters is 1. The summed E-state index contributed by atoms with van der Waals surface area (Å²) in [6.45, 7) is 0. The number of carbonyl (C=O) groups excluding carboxylic acids is 1. The van der Waals surface area contributed by atoms with Crippen LogP contribution < -0.4 is 4.74 Å². The second kappa shape index (κ2) is 4.73. The van der Waals surface area contributed by atoms with Gasteiger partial charge in [-0.25, -0.2) is 0 Å². The average molecular weight is 316 g/mol. The molecule has 5 rings (SSSR count). The van der Waals surface area contributed by atoms with Crippen molar-refractivity contribution in [2.24, 2.45) is 17.3 Å². The van der Waals surface area contributed by atoms with Crippen LogP contribution in [0.1, 0.15) is 44.1 Å². The van der Waals surface area contributed by atoms with Crippen molar-refractivity contribution in [3.8, 4) is 11.8 Å². The van der Waals surface area contributed by atoms with Gasteiger partial charge in [-0.3, -0.25) is 4.79 Å². The van der Waals surface area contributed by atoms with E-state index >= 15 is 0 Å². The predicted molar refractivity (Wildman–Crippen MR) is 82.5 cm³/mol. The summed E-state index contributed by atoms with van der Waals surface area (Å²) < 4.78 is 5.64. The Labute approximate surface area is 135 Å². The number of hydrogen-bond donors (Lipinski definition) is 0. The molecule has 4 bridgehead atoms. The summed E-state index contributed by atoms with van der Waals surface area (Å²) in [7, 11) is 0. The van der Waals surface area contributed by atoms with Crippen LogP contribution in [0.3, 0.4) is 0 Å². The Morgan fingerprint density at radius 2 is 1.82 bits per heavy atom. The Morgan fingerprint density at radius 3 is 2.36 bits per heavy atom. The summed E-state index contributed by atoms with van der Waals surface area (Å²) in [6.07, 6.45) is 5.93. The van der Waals surface area contributed by atoms with Crippen LogP contribution in [0.25, 0.3) is 0 Å². The van der Waals surface area contributed by atoms with E-state index in [2.05, 4.69) is 6.07 Å². The van der Waals surface area contributed by atoms with Gasteiger partial charge in [-0.2, -0.15) is 5.26 Å². The highest BCUT2D eigenvalue weighted by Gasteiger charge is 2.60. The van der Waals surface area contributed by atoms with Gasteiger partial charge in [0.15, 0.2) is 0 Å². The Bertz CT molecular complexity index is 647. The normalized spacial score (nSPS) is 38.5.